The lowest BCUT2D eigenvalue weighted by Gasteiger charge is -2.47. The van der Waals surface area contributed by atoms with E-state index in [1.807, 2.05) is 18.0 Å². The number of halogens is 1. The first-order valence-corrected chi connectivity index (χ1v) is 9.88. The summed E-state index contributed by atoms with van der Waals surface area (Å²) in [5, 5.41) is 1.30. The van der Waals surface area contributed by atoms with E-state index in [0.29, 0.717) is 0 Å². The summed E-state index contributed by atoms with van der Waals surface area (Å²) < 4.78 is 19.8. The van der Waals surface area contributed by atoms with Crippen LogP contribution in [0.2, 0.25) is 0 Å². The number of nitrogens with zero attached hydrogens (tertiary/aromatic N) is 2. The van der Waals surface area contributed by atoms with Gasteiger partial charge in [-0.25, -0.2) is 9.37 Å². The average Bonchev–Trinajstić information content (AvgIpc) is 3.24. The lowest BCUT2D eigenvalue weighted by Crippen LogP contribution is -2.58. The second-order valence-corrected chi connectivity index (χ2v) is 8.72. The molecule has 1 spiro atoms. The SMILES string of the molecule is Fc1cccnc1OC1CSC2(C1)CN(Cc1cccc3[nH]ccc13)C2. The summed E-state index contributed by atoms with van der Waals surface area (Å²) >= 11 is 1.96. The predicted octanol–water partition coefficient (Wildman–Crippen LogP) is 3.84. The molecule has 4 heterocycles. The molecule has 0 radical (unpaired) electrons. The summed E-state index contributed by atoms with van der Waals surface area (Å²) in [6, 6.07) is 11.6. The molecule has 2 aliphatic heterocycles. The third kappa shape index (κ3) is 2.87. The summed E-state index contributed by atoms with van der Waals surface area (Å²) in [6.07, 6.45) is 4.57. The van der Waals surface area contributed by atoms with E-state index >= 15 is 0 Å². The molecule has 3 aromatic rings. The zero-order valence-corrected chi connectivity index (χ0v) is 15.1. The first-order chi connectivity index (χ1) is 12.7. The lowest BCUT2D eigenvalue weighted by molar-refractivity contribution is 0.0899. The van der Waals surface area contributed by atoms with Gasteiger partial charge < -0.3 is 9.72 Å². The van der Waals surface area contributed by atoms with Gasteiger partial charge in [0.1, 0.15) is 6.10 Å². The van der Waals surface area contributed by atoms with Gasteiger partial charge in [-0.3, -0.25) is 4.90 Å². The molecule has 1 N–H and O–H groups in total. The highest BCUT2D eigenvalue weighted by atomic mass is 32.2. The van der Waals surface area contributed by atoms with Crippen LogP contribution in [0.15, 0.2) is 48.8 Å². The van der Waals surface area contributed by atoms with Crippen molar-refractivity contribution in [1.82, 2.24) is 14.9 Å². The average molecular weight is 369 g/mol. The molecule has 0 bridgehead atoms. The Labute approximate surface area is 155 Å². The Morgan fingerprint density at radius 1 is 1.27 bits per heavy atom. The Hall–Kier alpha value is -2.05. The fourth-order valence-electron chi connectivity index (χ4n) is 4.12. The van der Waals surface area contributed by atoms with Crippen molar-refractivity contribution in [3.05, 3.63) is 60.2 Å². The van der Waals surface area contributed by atoms with Gasteiger partial charge >= 0.3 is 0 Å². The third-order valence-electron chi connectivity index (χ3n) is 5.28. The van der Waals surface area contributed by atoms with Crippen molar-refractivity contribution in [1.29, 1.82) is 0 Å². The molecule has 2 fully saturated rings. The monoisotopic (exact) mass is 369 g/mol. The Morgan fingerprint density at radius 2 is 2.19 bits per heavy atom. The standard InChI is InChI=1S/C20H20FN3OS/c21-17-4-2-7-23-19(17)25-15-9-20(26-11-15)12-24(13-20)10-14-3-1-5-18-16(14)6-8-22-18/h1-8,15,22H,9-13H2. The van der Waals surface area contributed by atoms with Gasteiger partial charge in [-0.05, 0) is 29.8 Å². The Bertz CT molecular complexity index is 937. The van der Waals surface area contributed by atoms with Gasteiger partial charge in [-0.15, -0.1) is 11.8 Å². The molecule has 1 aromatic carbocycles. The number of rotatable bonds is 4. The Morgan fingerprint density at radius 3 is 3.08 bits per heavy atom. The van der Waals surface area contributed by atoms with E-state index < -0.39 is 0 Å². The molecule has 0 aliphatic carbocycles. The number of aromatic amines is 1. The van der Waals surface area contributed by atoms with Gasteiger partial charge in [0.25, 0.3) is 5.88 Å². The minimum atomic E-state index is -0.381. The molecular formula is C20H20FN3OS. The minimum absolute atomic E-state index is 0.0413. The van der Waals surface area contributed by atoms with Crippen molar-refractivity contribution < 1.29 is 9.13 Å². The third-order valence-corrected chi connectivity index (χ3v) is 6.86. The van der Waals surface area contributed by atoms with Crippen LogP contribution < -0.4 is 4.74 Å². The number of benzene rings is 1. The summed E-state index contributed by atoms with van der Waals surface area (Å²) in [4.78, 5) is 9.77. The number of ether oxygens (including phenoxy) is 1. The number of aromatic nitrogens is 2. The number of likely N-dealkylation sites (tertiary alicyclic amines) is 1. The van der Waals surface area contributed by atoms with E-state index in [2.05, 4.69) is 39.1 Å². The molecule has 5 rings (SSSR count). The number of fused-ring (bicyclic) bond motifs is 1. The second-order valence-electron chi connectivity index (χ2n) is 7.23. The number of thioether (sulfide) groups is 1. The lowest BCUT2D eigenvalue weighted by atomic mass is 9.92. The fraction of sp³-hybridized carbons (Fsp3) is 0.350. The second kappa shape index (κ2) is 6.28. The van der Waals surface area contributed by atoms with Crippen molar-refractivity contribution in [3.63, 3.8) is 0 Å². The maximum absolute atomic E-state index is 13.7. The van der Waals surface area contributed by atoms with Gasteiger partial charge in [-0.1, -0.05) is 12.1 Å². The number of nitrogens with one attached hydrogen (secondary N) is 1. The van der Waals surface area contributed by atoms with Gasteiger partial charge in [0, 0.05) is 59.9 Å². The van der Waals surface area contributed by atoms with E-state index in [-0.39, 0.29) is 22.5 Å². The van der Waals surface area contributed by atoms with E-state index in [1.165, 1.54) is 22.5 Å². The van der Waals surface area contributed by atoms with Gasteiger partial charge in [0.15, 0.2) is 5.82 Å². The van der Waals surface area contributed by atoms with Gasteiger partial charge in [0.2, 0.25) is 0 Å². The van der Waals surface area contributed by atoms with Crippen LogP contribution in [0, 0.1) is 5.82 Å². The van der Waals surface area contributed by atoms with E-state index in [4.69, 9.17) is 4.74 Å². The van der Waals surface area contributed by atoms with Crippen LogP contribution in [0.25, 0.3) is 10.9 Å². The number of hydrogen-bond acceptors (Lipinski definition) is 4. The molecule has 6 heteroatoms. The summed E-state index contributed by atoms with van der Waals surface area (Å²) in [6.45, 7) is 3.09. The fourth-order valence-corrected chi connectivity index (χ4v) is 5.70. The molecule has 1 unspecified atom stereocenters. The van der Waals surface area contributed by atoms with Crippen LogP contribution in [-0.2, 0) is 6.54 Å². The van der Waals surface area contributed by atoms with Crippen LogP contribution in [0.1, 0.15) is 12.0 Å². The largest absolute Gasteiger partial charge is 0.471 e. The number of hydrogen-bond donors (Lipinski definition) is 1. The van der Waals surface area contributed by atoms with Crippen LogP contribution in [0.5, 0.6) is 5.88 Å². The zero-order valence-electron chi connectivity index (χ0n) is 14.3. The maximum atomic E-state index is 13.7. The quantitative estimate of drug-likeness (QED) is 0.759. The van der Waals surface area contributed by atoms with Crippen molar-refractivity contribution in [2.24, 2.45) is 0 Å². The first kappa shape index (κ1) is 16.1. The van der Waals surface area contributed by atoms with Crippen LogP contribution in [0.4, 0.5) is 4.39 Å². The topological polar surface area (TPSA) is 41.1 Å². The molecule has 26 heavy (non-hydrogen) atoms. The Balaban J connectivity index is 1.20. The van der Waals surface area contributed by atoms with Crippen molar-refractivity contribution in [2.75, 3.05) is 18.8 Å². The summed E-state index contributed by atoms with van der Waals surface area (Å²) in [5.41, 5.74) is 2.56. The molecule has 0 saturated carbocycles. The van der Waals surface area contributed by atoms with Crippen molar-refractivity contribution in [2.45, 2.75) is 23.8 Å². The first-order valence-electron chi connectivity index (χ1n) is 8.89. The molecule has 0 amide bonds. The maximum Gasteiger partial charge on any atom is 0.250 e. The minimum Gasteiger partial charge on any atom is -0.471 e. The highest BCUT2D eigenvalue weighted by Gasteiger charge is 2.49. The smallest absolute Gasteiger partial charge is 0.250 e. The van der Waals surface area contributed by atoms with E-state index in [1.54, 1.807) is 12.3 Å². The van der Waals surface area contributed by atoms with Crippen LogP contribution >= 0.6 is 11.8 Å². The van der Waals surface area contributed by atoms with Crippen LogP contribution in [0.3, 0.4) is 0 Å². The summed E-state index contributed by atoms with van der Waals surface area (Å²) in [7, 11) is 0. The highest BCUT2D eigenvalue weighted by molar-refractivity contribution is 8.01. The molecule has 4 nitrogen and oxygen atoms in total. The van der Waals surface area contributed by atoms with Gasteiger partial charge in [-0.2, -0.15) is 0 Å². The normalized spacial score (nSPS) is 22.0. The Kier molecular flexibility index (Phi) is 3.90. The van der Waals surface area contributed by atoms with Gasteiger partial charge in [0.05, 0.1) is 0 Å². The highest BCUT2D eigenvalue weighted by Crippen LogP contribution is 2.46. The van der Waals surface area contributed by atoms with Crippen LogP contribution in [-0.4, -0.2) is 44.6 Å². The molecule has 2 aliphatic rings. The zero-order chi connectivity index (χ0) is 17.6. The molecule has 2 saturated heterocycles. The molecule has 2 aromatic heterocycles. The van der Waals surface area contributed by atoms with E-state index in [0.717, 1.165) is 31.8 Å². The number of pyridine rings is 1. The molecule has 1 atom stereocenters. The molecular weight excluding hydrogens is 349 g/mol. The van der Waals surface area contributed by atoms with Crippen molar-refractivity contribution >= 4 is 22.7 Å². The van der Waals surface area contributed by atoms with E-state index in [9.17, 15) is 4.39 Å². The van der Waals surface area contributed by atoms with Crippen molar-refractivity contribution in [3.8, 4) is 5.88 Å². The molecule has 134 valence electrons. The predicted molar refractivity (Wildman–Crippen MR) is 102 cm³/mol. The summed E-state index contributed by atoms with van der Waals surface area (Å²) in [5.74, 6) is 0.649. The number of H-pyrrole nitrogens is 1.